The predicted octanol–water partition coefficient (Wildman–Crippen LogP) is 2.62. The zero-order valence-electron chi connectivity index (χ0n) is 10.9. The van der Waals surface area contributed by atoms with E-state index in [2.05, 4.69) is 10.6 Å². The summed E-state index contributed by atoms with van der Waals surface area (Å²) in [7, 11) is 0. The Morgan fingerprint density at radius 3 is 2.67 bits per heavy atom. The molecule has 0 heterocycles. The Bertz CT molecular complexity index is 673. The Hall–Kier alpha value is -3.09. The average Bonchev–Trinajstić information content (AvgIpc) is 2.46. The number of benzene rings is 2. The zero-order valence-corrected chi connectivity index (χ0v) is 10.9. The molecule has 2 amide bonds. The highest BCUT2D eigenvalue weighted by atomic mass is 16.6. The summed E-state index contributed by atoms with van der Waals surface area (Å²) in [5, 5.41) is 25.2. The minimum absolute atomic E-state index is 0.0909. The van der Waals surface area contributed by atoms with Crippen LogP contribution in [0.25, 0.3) is 0 Å². The molecule has 0 atom stereocenters. The van der Waals surface area contributed by atoms with Gasteiger partial charge in [0.25, 0.3) is 5.69 Å². The second-order valence-electron chi connectivity index (χ2n) is 4.24. The van der Waals surface area contributed by atoms with E-state index in [9.17, 15) is 20.0 Å². The number of carbonyl (C=O) groups is 1. The molecule has 7 nitrogen and oxygen atoms in total. The van der Waals surface area contributed by atoms with E-state index in [0.29, 0.717) is 11.3 Å². The van der Waals surface area contributed by atoms with Crippen LogP contribution < -0.4 is 10.6 Å². The van der Waals surface area contributed by atoms with E-state index in [1.165, 1.54) is 24.3 Å². The van der Waals surface area contributed by atoms with Crippen molar-refractivity contribution >= 4 is 17.4 Å². The lowest BCUT2D eigenvalue weighted by Gasteiger charge is -2.08. The van der Waals surface area contributed by atoms with E-state index in [0.717, 1.165) is 0 Å². The number of nitro benzene ring substituents is 1. The molecule has 0 saturated carbocycles. The Morgan fingerprint density at radius 1 is 1.19 bits per heavy atom. The van der Waals surface area contributed by atoms with Crippen molar-refractivity contribution in [2.75, 3.05) is 5.32 Å². The molecule has 3 N–H and O–H groups in total. The van der Waals surface area contributed by atoms with E-state index >= 15 is 0 Å². The topological polar surface area (TPSA) is 104 Å². The van der Waals surface area contributed by atoms with E-state index in [-0.39, 0.29) is 18.0 Å². The Labute approximate surface area is 120 Å². The SMILES string of the molecule is O=C(NCc1ccccc1O)Nc1cccc([N+](=O)[O-])c1. The van der Waals surface area contributed by atoms with E-state index < -0.39 is 11.0 Å². The number of non-ortho nitro benzene ring substituents is 1. The maximum atomic E-state index is 11.7. The maximum Gasteiger partial charge on any atom is 0.319 e. The van der Waals surface area contributed by atoms with Crippen LogP contribution in [0.4, 0.5) is 16.2 Å². The number of hydrogen-bond acceptors (Lipinski definition) is 4. The number of phenolic OH excluding ortho intramolecular Hbond substituents is 1. The van der Waals surface area contributed by atoms with E-state index in [1.54, 1.807) is 24.3 Å². The number of hydrogen-bond donors (Lipinski definition) is 3. The van der Waals surface area contributed by atoms with Crippen molar-refractivity contribution in [2.24, 2.45) is 0 Å². The van der Waals surface area contributed by atoms with Crippen molar-refractivity contribution in [2.45, 2.75) is 6.54 Å². The van der Waals surface area contributed by atoms with Gasteiger partial charge in [-0.15, -0.1) is 0 Å². The molecule has 0 saturated heterocycles. The summed E-state index contributed by atoms with van der Waals surface area (Å²) in [5.41, 5.74) is 0.791. The highest BCUT2D eigenvalue weighted by Crippen LogP contribution is 2.17. The fourth-order valence-electron chi connectivity index (χ4n) is 1.71. The summed E-state index contributed by atoms with van der Waals surface area (Å²) in [5.74, 6) is 0.0909. The van der Waals surface area contributed by atoms with Gasteiger partial charge in [0, 0.05) is 29.9 Å². The summed E-state index contributed by atoms with van der Waals surface area (Å²) in [6, 6.07) is 11.8. The molecule has 0 radical (unpaired) electrons. The van der Waals surface area contributed by atoms with Gasteiger partial charge in [0.1, 0.15) is 5.75 Å². The number of anilines is 1. The van der Waals surface area contributed by atoms with Crippen LogP contribution in [-0.2, 0) is 6.54 Å². The fraction of sp³-hybridized carbons (Fsp3) is 0.0714. The Morgan fingerprint density at radius 2 is 1.95 bits per heavy atom. The van der Waals surface area contributed by atoms with Crippen LogP contribution in [0.3, 0.4) is 0 Å². The van der Waals surface area contributed by atoms with Gasteiger partial charge >= 0.3 is 6.03 Å². The first-order valence-corrected chi connectivity index (χ1v) is 6.12. The van der Waals surface area contributed by atoms with Crippen molar-refractivity contribution in [1.29, 1.82) is 0 Å². The van der Waals surface area contributed by atoms with Gasteiger partial charge in [0.05, 0.1) is 4.92 Å². The zero-order chi connectivity index (χ0) is 15.2. The number of phenols is 1. The quantitative estimate of drug-likeness (QED) is 0.593. The van der Waals surface area contributed by atoms with Gasteiger partial charge in [0.15, 0.2) is 0 Å². The smallest absolute Gasteiger partial charge is 0.319 e. The average molecular weight is 287 g/mol. The summed E-state index contributed by atoms with van der Waals surface area (Å²) in [4.78, 5) is 21.8. The van der Waals surface area contributed by atoms with Gasteiger partial charge in [-0.3, -0.25) is 10.1 Å². The molecule has 0 fully saturated rings. The molecule has 2 aromatic carbocycles. The molecule has 2 aromatic rings. The molecular weight excluding hydrogens is 274 g/mol. The molecule has 0 unspecified atom stereocenters. The van der Waals surface area contributed by atoms with Crippen LogP contribution in [0.2, 0.25) is 0 Å². The number of amides is 2. The standard InChI is InChI=1S/C14H13N3O4/c18-13-7-2-1-4-10(13)9-15-14(19)16-11-5-3-6-12(8-11)17(20)21/h1-8,18H,9H2,(H2,15,16,19). The second kappa shape index (κ2) is 6.38. The van der Waals surface area contributed by atoms with Crippen LogP contribution in [0.5, 0.6) is 5.75 Å². The molecular formula is C14H13N3O4. The van der Waals surface area contributed by atoms with Crippen molar-refractivity contribution in [1.82, 2.24) is 5.32 Å². The molecule has 0 bridgehead atoms. The number of rotatable bonds is 4. The number of nitro groups is 1. The third kappa shape index (κ3) is 3.93. The monoisotopic (exact) mass is 287 g/mol. The minimum Gasteiger partial charge on any atom is -0.508 e. The highest BCUT2D eigenvalue weighted by Gasteiger charge is 2.08. The third-order valence-electron chi connectivity index (χ3n) is 2.75. The summed E-state index contributed by atoms with van der Waals surface area (Å²) < 4.78 is 0. The Balaban J connectivity index is 1.95. The van der Waals surface area contributed by atoms with Crippen molar-refractivity contribution < 1.29 is 14.8 Å². The van der Waals surface area contributed by atoms with Crippen LogP contribution in [-0.4, -0.2) is 16.1 Å². The second-order valence-corrected chi connectivity index (χ2v) is 4.24. The van der Waals surface area contributed by atoms with Gasteiger partial charge in [-0.2, -0.15) is 0 Å². The number of para-hydroxylation sites is 1. The van der Waals surface area contributed by atoms with Crippen molar-refractivity contribution in [3.8, 4) is 5.75 Å². The molecule has 108 valence electrons. The molecule has 2 rings (SSSR count). The van der Waals surface area contributed by atoms with Gasteiger partial charge in [-0.1, -0.05) is 24.3 Å². The van der Waals surface area contributed by atoms with Gasteiger partial charge in [-0.05, 0) is 12.1 Å². The Kier molecular flexibility index (Phi) is 4.35. The van der Waals surface area contributed by atoms with Crippen LogP contribution >= 0.6 is 0 Å². The molecule has 0 aliphatic heterocycles. The number of carbonyl (C=O) groups excluding carboxylic acids is 1. The van der Waals surface area contributed by atoms with Crippen LogP contribution in [0, 0.1) is 10.1 Å². The normalized spacial score (nSPS) is 9.90. The largest absolute Gasteiger partial charge is 0.508 e. The van der Waals surface area contributed by atoms with E-state index in [4.69, 9.17) is 0 Å². The third-order valence-corrected chi connectivity index (χ3v) is 2.75. The predicted molar refractivity (Wildman–Crippen MR) is 77.1 cm³/mol. The van der Waals surface area contributed by atoms with Crippen molar-refractivity contribution in [3.63, 3.8) is 0 Å². The molecule has 0 spiro atoms. The molecule has 0 aliphatic carbocycles. The molecule has 0 aromatic heterocycles. The summed E-state index contributed by atoms with van der Waals surface area (Å²) in [6.07, 6.45) is 0. The first-order valence-electron chi connectivity index (χ1n) is 6.12. The van der Waals surface area contributed by atoms with E-state index in [1.807, 2.05) is 0 Å². The van der Waals surface area contributed by atoms with Crippen LogP contribution in [0.15, 0.2) is 48.5 Å². The lowest BCUT2D eigenvalue weighted by atomic mass is 10.2. The molecule has 0 aliphatic rings. The maximum absolute atomic E-state index is 11.7. The lowest BCUT2D eigenvalue weighted by Crippen LogP contribution is -2.28. The van der Waals surface area contributed by atoms with Gasteiger partial charge in [0.2, 0.25) is 0 Å². The molecule has 7 heteroatoms. The first kappa shape index (κ1) is 14.3. The van der Waals surface area contributed by atoms with Gasteiger partial charge < -0.3 is 15.7 Å². The minimum atomic E-state index is -0.537. The number of aromatic hydroxyl groups is 1. The van der Waals surface area contributed by atoms with Gasteiger partial charge in [-0.25, -0.2) is 4.79 Å². The first-order chi connectivity index (χ1) is 10.1. The number of nitrogens with one attached hydrogen (secondary N) is 2. The number of nitrogens with zero attached hydrogens (tertiary/aromatic N) is 1. The van der Waals surface area contributed by atoms with Crippen LogP contribution in [0.1, 0.15) is 5.56 Å². The van der Waals surface area contributed by atoms with Crippen molar-refractivity contribution in [3.05, 3.63) is 64.2 Å². The number of urea groups is 1. The summed E-state index contributed by atoms with van der Waals surface area (Å²) >= 11 is 0. The summed E-state index contributed by atoms with van der Waals surface area (Å²) in [6.45, 7) is 0.146. The highest BCUT2D eigenvalue weighted by molar-refractivity contribution is 5.89. The molecule has 21 heavy (non-hydrogen) atoms. The fourth-order valence-corrected chi connectivity index (χ4v) is 1.71. The lowest BCUT2D eigenvalue weighted by molar-refractivity contribution is -0.384.